The van der Waals surface area contributed by atoms with E-state index in [0.717, 1.165) is 0 Å². The van der Waals surface area contributed by atoms with Gasteiger partial charge in [-0.15, -0.1) is 0 Å². The largest absolute Gasteiger partial charge is 0.481 e. The fraction of sp³-hybridized carbons (Fsp3) is 0.750. The van der Waals surface area contributed by atoms with Crippen LogP contribution in [-0.2, 0) is 4.79 Å². The third-order valence-electron chi connectivity index (χ3n) is 0.719. The number of carboxylic acid groups (broad SMARTS) is 1. The van der Waals surface area contributed by atoms with E-state index in [-0.39, 0.29) is 6.42 Å². The molecule has 0 aliphatic heterocycles. The summed E-state index contributed by atoms with van der Waals surface area (Å²) in [5, 5.41) is 11.4. The predicted molar refractivity (Wildman–Crippen MR) is 29.0 cm³/mol. The second-order valence-corrected chi connectivity index (χ2v) is 1.46. The van der Waals surface area contributed by atoms with Crippen molar-refractivity contribution in [2.75, 3.05) is 6.54 Å². The highest BCUT2D eigenvalue weighted by Crippen LogP contribution is 1.86. The summed E-state index contributed by atoms with van der Waals surface area (Å²) in [6.07, 6.45) is 0.552. The van der Waals surface area contributed by atoms with E-state index in [1.54, 1.807) is 0 Å². The SMILES string of the molecule is N=[N+]=NCCCC(=O)O. The molecule has 0 aromatic rings. The lowest BCUT2D eigenvalue weighted by atomic mass is 10.3. The smallest absolute Gasteiger partial charge is 0.303 e. The second-order valence-electron chi connectivity index (χ2n) is 1.46. The Bertz CT molecular complexity index is 137. The topological polar surface area (TPSA) is 87.6 Å². The summed E-state index contributed by atoms with van der Waals surface area (Å²) in [7, 11) is 0. The summed E-state index contributed by atoms with van der Waals surface area (Å²) in [6, 6.07) is 0. The van der Waals surface area contributed by atoms with Crippen LogP contribution < -0.4 is 4.91 Å². The first-order chi connectivity index (χ1) is 4.27. The number of carboxylic acids is 1. The summed E-state index contributed by atoms with van der Waals surface area (Å²) >= 11 is 0. The lowest BCUT2D eigenvalue weighted by Crippen LogP contribution is -1.94. The van der Waals surface area contributed by atoms with Crippen LogP contribution in [0.15, 0.2) is 5.11 Å². The predicted octanol–water partition coefficient (Wildman–Crippen LogP) is 0.402. The molecule has 50 valence electrons. The molecule has 0 saturated heterocycles. The third-order valence-corrected chi connectivity index (χ3v) is 0.719. The Morgan fingerprint density at radius 1 is 1.78 bits per heavy atom. The number of rotatable bonds is 4. The van der Waals surface area contributed by atoms with Crippen molar-refractivity contribution in [2.45, 2.75) is 12.8 Å². The molecular formula is C4H8N3O2+. The maximum Gasteiger partial charge on any atom is 0.303 e. The monoisotopic (exact) mass is 130 g/mol. The Kier molecular flexibility index (Phi) is 4.26. The minimum atomic E-state index is -0.838. The van der Waals surface area contributed by atoms with E-state index >= 15 is 0 Å². The average molecular weight is 130 g/mol. The van der Waals surface area contributed by atoms with Crippen molar-refractivity contribution in [3.63, 3.8) is 0 Å². The van der Waals surface area contributed by atoms with E-state index < -0.39 is 5.97 Å². The fourth-order valence-corrected chi connectivity index (χ4v) is 0.351. The van der Waals surface area contributed by atoms with Crippen molar-refractivity contribution in [2.24, 2.45) is 5.11 Å². The van der Waals surface area contributed by atoms with Crippen LogP contribution in [0, 0.1) is 5.53 Å². The molecule has 0 spiro atoms. The Morgan fingerprint density at radius 3 is 2.89 bits per heavy atom. The number of nitrogens with one attached hydrogen (secondary N) is 1. The van der Waals surface area contributed by atoms with E-state index in [1.165, 1.54) is 0 Å². The Morgan fingerprint density at radius 2 is 2.44 bits per heavy atom. The standard InChI is InChI=1S/C4H7N3O2/c5-7-6-3-1-2-4(8)9/h5H,1-3H2/p+1. The lowest BCUT2D eigenvalue weighted by molar-refractivity contribution is -0.137. The van der Waals surface area contributed by atoms with Crippen LogP contribution in [0.5, 0.6) is 0 Å². The van der Waals surface area contributed by atoms with E-state index in [0.29, 0.717) is 13.0 Å². The molecular weight excluding hydrogens is 122 g/mol. The highest BCUT2D eigenvalue weighted by atomic mass is 16.4. The van der Waals surface area contributed by atoms with E-state index in [1.807, 2.05) is 0 Å². The molecule has 5 heteroatoms. The van der Waals surface area contributed by atoms with Gasteiger partial charge in [0.2, 0.25) is 4.91 Å². The number of hydrogen-bond donors (Lipinski definition) is 2. The molecule has 0 radical (unpaired) electrons. The average Bonchev–Trinajstić information content (AvgIpc) is 1.80. The van der Waals surface area contributed by atoms with Gasteiger partial charge in [-0.05, 0) is 6.42 Å². The van der Waals surface area contributed by atoms with Crippen LogP contribution in [-0.4, -0.2) is 17.6 Å². The van der Waals surface area contributed by atoms with E-state index in [9.17, 15) is 4.79 Å². The summed E-state index contributed by atoms with van der Waals surface area (Å²) in [5.74, 6) is -0.838. The highest BCUT2D eigenvalue weighted by molar-refractivity contribution is 5.66. The number of aliphatic carboxylic acids is 1. The Balaban J connectivity index is 3.10. The van der Waals surface area contributed by atoms with E-state index in [2.05, 4.69) is 10.0 Å². The van der Waals surface area contributed by atoms with Gasteiger partial charge >= 0.3 is 5.97 Å². The van der Waals surface area contributed by atoms with Gasteiger partial charge in [-0.1, -0.05) is 0 Å². The zero-order valence-corrected chi connectivity index (χ0v) is 4.87. The molecule has 0 saturated carbocycles. The summed E-state index contributed by atoms with van der Waals surface area (Å²) in [4.78, 5) is 12.6. The molecule has 9 heavy (non-hydrogen) atoms. The van der Waals surface area contributed by atoms with E-state index in [4.69, 9.17) is 10.6 Å². The zero-order valence-electron chi connectivity index (χ0n) is 4.87. The summed E-state index contributed by atoms with van der Waals surface area (Å²) < 4.78 is 0. The van der Waals surface area contributed by atoms with Gasteiger partial charge in [0.1, 0.15) is 17.2 Å². The van der Waals surface area contributed by atoms with Crippen molar-refractivity contribution in [1.29, 1.82) is 5.53 Å². The van der Waals surface area contributed by atoms with Gasteiger partial charge in [0.25, 0.3) is 0 Å². The quantitative estimate of drug-likeness (QED) is 0.328. The van der Waals surface area contributed by atoms with Gasteiger partial charge in [-0.3, -0.25) is 4.79 Å². The van der Waals surface area contributed by atoms with Crippen molar-refractivity contribution in [1.82, 2.24) is 4.91 Å². The summed E-state index contributed by atoms with van der Waals surface area (Å²) in [5.41, 5.74) is 6.20. The molecule has 0 atom stereocenters. The van der Waals surface area contributed by atoms with Crippen LogP contribution in [0.25, 0.3) is 0 Å². The van der Waals surface area contributed by atoms with Crippen molar-refractivity contribution in [3.8, 4) is 0 Å². The van der Waals surface area contributed by atoms with Gasteiger partial charge in [-0.25, -0.2) is 0 Å². The number of carbonyl (C=O) groups is 1. The van der Waals surface area contributed by atoms with Crippen molar-refractivity contribution in [3.05, 3.63) is 0 Å². The van der Waals surface area contributed by atoms with Gasteiger partial charge < -0.3 is 5.11 Å². The molecule has 0 rings (SSSR count). The molecule has 0 aromatic carbocycles. The van der Waals surface area contributed by atoms with Gasteiger partial charge in [0.05, 0.1) is 0 Å². The van der Waals surface area contributed by atoms with Gasteiger partial charge in [0, 0.05) is 6.42 Å². The molecule has 5 nitrogen and oxygen atoms in total. The molecule has 0 aromatic heterocycles. The fourth-order valence-electron chi connectivity index (χ4n) is 0.351. The maximum atomic E-state index is 9.84. The minimum absolute atomic E-state index is 0.0962. The number of hydrogen-bond acceptors (Lipinski definition) is 3. The number of nitrogens with zero attached hydrogens (tertiary/aromatic N) is 2. The lowest BCUT2D eigenvalue weighted by Gasteiger charge is -1.82. The first kappa shape index (κ1) is 7.78. The second kappa shape index (κ2) is 4.93. The minimum Gasteiger partial charge on any atom is -0.481 e. The van der Waals surface area contributed by atoms with Crippen LogP contribution in [0.1, 0.15) is 12.8 Å². The van der Waals surface area contributed by atoms with Crippen molar-refractivity contribution < 1.29 is 9.90 Å². The molecule has 0 amide bonds. The molecule has 0 fully saturated rings. The first-order valence-electron chi connectivity index (χ1n) is 2.52. The maximum absolute atomic E-state index is 9.84. The van der Waals surface area contributed by atoms with Crippen LogP contribution in [0.2, 0.25) is 0 Å². The Hall–Kier alpha value is -1.22. The normalized spacial score (nSPS) is 8.00. The third kappa shape index (κ3) is 6.78. The first-order valence-corrected chi connectivity index (χ1v) is 2.52. The molecule has 0 bridgehead atoms. The van der Waals surface area contributed by atoms with Crippen molar-refractivity contribution >= 4 is 5.97 Å². The highest BCUT2D eigenvalue weighted by Gasteiger charge is 1.95. The zero-order chi connectivity index (χ0) is 7.11. The molecule has 0 unspecified atom stereocenters. The van der Waals surface area contributed by atoms with Gasteiger partial charge in [0.15, 0.2) is 0 Å². The Labute approximate surface area is 51.9 Å². The van der Waals surface area contributed by atoms with Crippen LogP contribution in [0.3, 0.4) is 0 Å². The molecule has 2 N–H and O–H groups in total. The van der Waals surface area contributed by atoms with Gasteiger partial charge in [-0.2, -0.15) is 0 Å². The molecule has 0 aliphatic carbocycles. The summed E-state index contributed by atoms with van der Waals surface area (Å²) in [6.45, 7) is 0.329. The molecule has 0 heterocycles. The van der Waals surface area contributed by atoms with Crippen LogP contribution >= 0.6 is 0 Å². The van der Waals surface area contributed by atoms with Crippen LogP contribution in [0.4, 0.5) is 0 Å². The molecule has 0 aliphatic rings.